The molecular weight excluding hydrogens is 546 g/mol. The van der Waals surface area contributed by atoms with Crippen LogP contribution in [0.3, 0.4) is 0 Å². The van der Waals surface area contributed by atoms with Crippen LogP contribution in [0.25, 0.3) is 5.57 Å². The molecule has 0 fully saturated rings. The Morgan fingerprint density at radius 2 is 1.78 bits per heavy atom. The summed E-state index contributed by atoms with van der Waals surface area (Å²) in [5, 5.41) is 0. The van der Waals surface area contributed by atoms with E-state index >= 15 is 0 Å². The highest BCUT2D eigenvalue weighted by atomic mass is 32.1. The van der Waals surface area contributed by atoms with Crippen LogP contribution in [0.1, 0.15) is 31.0 Å². The Morgan fingerprint density at radius 1 is 1.10 bits per heavy atom. The maximum absolute atomic E-state index is 14.3. The largest absolute Gasteiger partial charge is 0.493 e. The molecule has 3 heterocycles. The minimum atomic E-state index is -0.940. The molecule has 0 N–H and O–H groups in total. The van der Waals surface area contributed by atoms with Crippen molar-refractivity contribution in [2.24, 2.45) is 4.99 Å². The maximum Gasteiger partial charge on any atom is 0.338 e. The van der Waals surface area contributed by atoms with E-state index in [9.17, 15) is 14.4 Å². The summed E-state index contributed by atoms with van der Waals surface area (Å²) in [7, 11) is 4.46. The van der Waals surface area contributed by atoms with Crippen molar-refractivity contribution in [1.29, 1.82) is 0 Å². The number of allylic oxidation sites excluding steroid dienone is 1. The van der Waals surface area contributed by atoms with Crippen LogP contribution in [0.5, 0.6) is 17.2 Å². The lowest BCUT2D eigenvalue weighted by Crippen LogP contribution is -2.41. The topological polar surface area (TPSA) is 109 Å². The van der Waals surface area contributed by atoms with Crippen molar-refractivity contribution < 1.29 is 28.5 Å². The highest BCUT2D eigenvalue weighted by Gasteiger charge is 2.37. The Hall–Kier alpha value is -4.64. The molecule has 0 radical (unpaired) electrons. The molecule has 0 bridgehead atoms. The zero-order valence-corrected chi connectivity index (χ0v) is 24.2. The Labute approximate surface area is 240 Å². The number of rotatable bonds is 8. The molecule has 1 atom stereocenters. The van der Waals surface area contributed by atoms with Gasteiger partial charge in [-0.15, -0.1) is 6.58 Å². The summed E-state index contributed by atoms with van der Waals surface area (Å²) in [5.41, 5.74) is 2.27. The Kier molecular flexibility index (Phi) is 7.55. The average Bonchev–Trinajstić information content (AvgIpc) is 3.43. The quantitative estimate of drug-likeness (QED) is 0.300. The fraction of sp³-hybridized carbons (Fsp3) is 0.267. The van der Waals surface area contributed by atoms with Gasteiger partial charge in [0, 0.05) is 12.1 Å². The van der Waals surface area contributed by atoms with Crippen molar-refractivity contribution in [2.75, 3.05) is 39.4 Å². The van der Waals surface area contributed by atoms with E-state index in [0.717, 1.165) is 11.3 Å². The molecule has 0 saturated carbocycles. The van der Waals surface area contributed by atoms with Gasteiger partial charge >= 0.3 is 5.97 Å². The number of carbonyl (C=O) groups excluding carboxylic acids is 2. The number of fused-ring (bicyclic) bond motifs is 2. The number of methoxy groups -OCH3 is 3. The molecule has 1 amide bonds. The zero-order valence-electron chi connectivity index (χ0n) is 23.3. The molecule has 0 unspecified atom stereocenters. The monoisotopic (exact) mass is 575 g/mol. The number of carbonyl (C=O) groups is 2. The average molecular weight is 576 g/mol. The molecule has 0 saturated heterocycles. The molecule has 0 aliphatic carbocycles. The summed E-state index contributed by atoms with van der Waals surface area (Å²) in [6, 6.07) is 9.75. The van der Waals surface area contributed by atoms with E-state index in [1.54, 1.807) is 37.0 Å². The van der Waals surface area contributed by atoms with Gasteiger partial charge in [0.15, 0.2) is 16.3 Å². The number of hydrogen-bond acceptors (Lipinski definition) is 9. The first-order valence-electron chi connectivity index (χ1n) is 12.8. The van der Waals surface area contributed by atoms with Crippen LogP contribution in [-0.4, -0.2) is 50.9 Å². The van der Waals surface area contributed by atoms with Gasteiger partial charge in [-0.1, -0.05) is 35.6 Å². The van der Waals surface area contributed by atoms with Gasteiger partial charge in [-0.25, -0.2) is 9.79 Å². The number of aromatic nitrogens is 1. The highest BCUT2D eigenvalue weighted by molar-refractivity contribution is 7.07. The molecule has 10 nitrogen and oxygen atoms in total. The van der Waals surface area contributed by atoms with Crippen LogP contribution < -0.4 is 34.0 Å². The Balaban J connectivity index is 1.85. The standard InChI is InChI=1S/C30H29N3O7S/c1-7-13-32-19-12-10-9-11-18(19)23(27(32)34)26-28(35)33-24(17-14-20(37-4)25(39-6)21(15-17)38-5)22(29(36)40-8-2)16(3)31-30(33)41-26/h7,9-12,14-15,24H,1,8,13H2,2-6H3/b26-23+/t24-/m0/s1. The number of nitrogens with zero attached hydrogens (tertiary/aromatic N) is 3. The van der Waals surface area contributed by atoms with Crippen LogP contribution in [0.4, 0.5) is 5.69 Å². The molecule has 1 aromatic heterocycles. The number of benzene rings is 2. The third-order valence-corrected chi connectivity index (χ3v) is 8.01. The molecule has 2 aliphatic rings. The number of thiazole rings is 1. The number of amides is 1. The third kappa shape index (κ3) is 4.42. The molecule has 2 aromatic carbocycles. The molecular formula is C30H29N3O7S. The summed E-state index contributed by atoms with van der Waals surface area (Å²) >= 11 is 1.10. The van der Waals surface area contributed by atoms with Crippen molar-refractivity contribution in [3.8, 4) is 17.2 Å². The van der Waals surface area contributed by atoms with E-state index in [4.69, 9.17) is 18.9 Å². The number of para-hydroxylation sites is 1. The fourth-order valence-corrected chi connectivity index (χ4v) is 6.36. The Morgan fingerprint density at radius 3 is 2.39 bits per heavy atom. The smallest absolute Gasteiger partial charge is 0.338 e. The van der Waals surface area contributed by atoms with E-state index in [2.05, 4.69) is 11.6 Å². The fourth-order valence-electron chi connectivity index (χ4n) is 5.23. The second kappa shape index (κ2) is 11.1. The summed E-state index contributed by atoms with van der Waals surface area (Å²) in [6.07, 6.45) is 1.64. The minimum Gasteiger partial charge on any atom is -0.493 e. The molecule has 2 aliphatic heterocycles. The van der Waals surface area contributed by atoms with Gasteiger partial charge in [-0.05, 0) is 37.6 Å². The van der Waals surface area contributed by atoms with E-state index < -0.39 is 17.6 Å². The van der Waals surface area contributed by atoms with Gasteiger partial charge in [-0.2, -0.15) is 0 Å². The number of hydrogen-bond donors (Lipinski definition) is 0. The molecule has 5 rings (SSSR count). The van der Waals surface area contributed by atoms with E-state index in [1.807, 2.05) is 24.3 Å². The molecule has 3 aromatic rings. The predicted octanol–water partition coefficient (Wildman–Crippen LogP) is 2.73. The van der Waals surface area contributed by atoms with Crippen LogP contribution in [-0.2, 0) is 14.3 Å². The Bertz CT molecular complexity index is 1780. The lowest BCUT2D eigenvalue weighted by atomic mass is 9.95. The van der Waals surface area contributed by atoms with Gasteiger partial charge in [0.1, 0.15) is 4.53 Å². The lowest BCUT2D eigenvalue weighted by molar-refractivity contribution is -0.139. The van der Waals surface area contributed by atoms with Gasteiger partial charge in [0.2, 0.25) is 5.75 Å². The first-order valence-corrected chi connectivity index (χ1v) is 13.7. The molecule has 41 heavy (non-hydrogen) atoms. The number of anilines is 1. The first kappa shape index (κ1) is 27.9. The van der Waals surface area contributed by atoms with Crippen molar-refractivity contribution in [2.45, 2.75) is 19.9 Å². The number of esters is 1. The molecule has 11 heteroatoms. The molecule has 212 valence electrons. The van der Waals surface area contributed by atoms with E-state index in [1.165, 1.54) is 25.9 Å². The summed E-state index contributed by atoms with van der Waals surface area (Å²) < 4.78 is 23.7. The summed E-state index contributed by atoms with van der Waals surface area (Å²) in [4.78, 5) is 47.9. The summed E-state index contributed by atoms with van der Waals surface area (Å²) in [6.45, 7) is 7.60. The van der Waals surface area contributed by atoms with Crippen molar-refractivity contribution in [1.82, 2.24) is 4.57 Å². The normalized spacial score (nSPS) is 17.0. The summed E-state index contributed by atoms with van der Waals surface area (Å²) in [5.74, 6) is 0.156. The van der Waals surface area contributed by atoms with E-state index in [0.29, 0.717) is 44.6 Å². The van der Waals surface area contributed by atoms with Crippen LogP contribution >= 0.6 is 11.3 Å². The van der Waals surface area contributed by atoms with E-state index in [-0.39, 0.29) is 34.7 Å². The first-order chi connectivity index (χ1) is 19.8. The number of ether oxygens (including phenoxy) is 4. The van der Waals surface area contributed by atoms with Crippen molar-refractivity contribution in [3.05, 3.63) is 91.1 Å². The molecule has 0 spiro atoms. The van der Waals surface area contributed by atoms with Crippen molar-refractivity contribution in [3.63, 3.8) is 0 Å². The second-order valence-corrected chi connectivity index (χ2v) is 10.2. The highest BCUT2D eigenvalue weighted by Crippen LogP contribution is 2.42. The van der Waals surface area contributed by atoms with Gasteiger partial charge in [0.25, 0.3) is 11.5 Å². The lowest BCUT2D eigenvalue weighted by Gasteiger charge is -2.26. The third-order valence-electron chi connectivity index (χ3n) is 6.96. The van der Waals surface area contributed by atoms with Gasteiger partial charge in [0.05, 0.1) is 56.5 Å². The van der Waals surface area contributed by atoms with Crippen LogP contribution in [0.15, 0.2) is 70.1 Å². The van der Waals surface area contributed by atoms with Gasteiger partial charge in [-0.3, -0.25) is 14.2 Å². The SMILES string of the molecule is C=CCN1C(=O)/C(=c2/sc3n(c2=O)[C@@H](c2cc(OC)c(OC)c(OC)c2)C(C(=O)OCC)=C(C)N=3)c2ccccc21. The predicted molar refractivity (Wildman–Crippen MR) is 154 cm³/mol. The second-order valence-electron chi connectivity index (χ2n) is 9.18. The minimum absolute atomic E-state index is 0.135. The van der Waals surface area contributed by atoms with Crippen LogP contribution in [0.2, 0.25) is 0 Å². The van der Waals surface area contributed by atoms with Crippen molar-refractivity contribution >= 4 is 34.5 Å². The maximum atomic E-state index is 14.3. The zero-order chi connectivity index (χ0) is 29.4. The van der Waals surface area contributed by atoms with Crippen LogP contribution in [0, 0.1) is 0 Å². The van der Waals surface area contributed by atoms with Gasteiger partial charge < -0.3 is 23.8 Å².